The first-order valence-electron chi connectivity index (χ1n) is 5.15. The molecule has 0 saturated heterocycles. The van der Waals surface area contributed by atoms with E-state index in [4.69, 9.17) is 10.4 Å². The Morgan fingerprint density at radius 2 is 2.00 bits per heavy atom. The fourth-order valence-electron chi connectivity index (χ4n) is 1.68. The van der Waals surface area contributed by atoms with Crippen molar-refractivity contribution in [3.8, 4) is 22.9 Å². The summed E-state index contributed by atoms with van der Waals surface area (Å²) < 4.78 is 13.6. The first kappa shape index (κ1) is 11.2. The van der Waals surface area contributed by atoms with E-state index in [1.807, 2.05) is 6.07 Å². The van der Waals surface area contributed by atoms with E-state index >= 15 is 0 Å². The van der Waals surface area contributed by atoms with Crippen LogP contribution in [-0.4, -0.2) is 5.11 Å². The van der Waals surface area contributed by atoms with Gasteiger partial charge >= 0.3 is 0 Å². The van der Waals surface area contributed by atoms with Crippen LogP contribution in [0.5, 0.6) is 5.75 Å². The molecule has 0 unspecified atom stereocenters. The van der Waals surface area contributed by atoms with Crippen molar-refractivity contribution < 1.29 is 9.50 Å². The van der Waals surface area contributed by atoms with Crippen molar-refractivity contribution in [1.29, 1.82) is 5.26 Å². The molecule has 2 rings (SSSR count). The van der Waals surface area contributed by atoms with Crippen LogP contribution in [0.15, 0.2) is 42.5 Å². The lowest BCUT2D eigenvalue weighted by Gasteiger charge is -2.05. The van der Waals surface area contributed by atoms with Gasteiger partial charge in [-0.2, -0.15) is 5.26 Å². The summed E-state index contributed by atoms with van der Waals surface area (Å²) in [4.78, 5) is 0. The number of hydrogen-bond acceptors (Lipinski definition) is 2. The minimum Gasteiger partial charge on any atom is -0.508 e. The molecule has 1 N–H and O–H groups in total. The zero-order valence-electron chi connectivity index (χ0n) is 9.02. The van der Waals surface area contributed by atoms with Crippen molar-refractivity contribution in [3.05, 3.63) is 53.8 Å². The Balaban J connectivity index is 2.46. The maximum absolute atomic E-state index is 13.6. The molecule has 0 spiro atoms. The molecule has 0 saturated carbocycles. The van der Waals surface area contributed by atoms with E-state index in [2.05, 4.69) is 6.07 Å². The molecule has 0 heterocycles. The number of hydrogen-bond donors (Lipinski definition) is 1. The second-order valence-corrected chi connectivity index (χ2v) is 3.70. The van der Waals surface area contributed by atoms with Crippen LogP contribution < -0.4 is 0 Å². The zero-order valence-corrected chi connectivity index (χ0v) is 9.02. The second kappa shape index (κ2) is 4.67. The van der Waals surface area contributed by atoms with Gasteiger partial charge < -0.3 is 5.11 Å². The van der Waals surface area contributed by atoms with Crippen LogP contribution in [0.2, 0.25) is 0 Å². The third kappa shape index (κ3) is 2.43. The third-order valence-electron chi connectivity index (χ3n) is 2.47. The van der Waals surface area contributed by atoms with Crippen LogP contribution >= 0.6 is 0 Å². The van der Waals surface area contributed by atoms with Gasteiger partial charge in [-0.25, -0.2) is 4.39 Å². The van der Waals surface area contributed by atoms with Gasteiger partial charge in [0.15, 0.2) is 0 Å². The fraction of sp³-hybridized carbons (Fsp3) is 0.0714. The van der Waals surface area contributed by atoms with E-state index in [0.717, 1.165) is 11.6 Å². The van der Waals surface area contributed by atoms with Crippen LogP contribution in [0.25, 0.3) is 11.1 Å². The van der Waals surface area contributed by atoms with Crippen LogP contribution in [0.1, 0.15) is 5.56 Å². The number of halogens is 1. The highest BCUT2D eigenvalue weighted by Gasteiger charge is 2.06. The van der Waals surface area contributed by atoms with Crippen molar-refractivity contribution in [2.75, 3.05) is 0 Å². The molecule has 3 heteroatoms. The van der Waals surface area contributed by atoms with Gasteiger partial charge in [-0.1, -0.05) is 24.3 Å². The Labute approximate surface area is 98.6 Å². The lowest BCUT2D eigenvalue weighted by molar-refractivity contribution is 0.469. The van der Waals surface area contributed by atoms with E-state index in [1.54, 1.807) is 18.2 Å². The summed E-state index contributed by atoms with van der Waals surface area (Å²) in [5, 5.41) is 17.8. The minimum absolute atomic E-state index is 0.0978. The molecular weight excluding hydrogens is 217 g/mol. The molecule has 0 aliphatic carbocycles. The number of benzene rings is 2. The van der Waals surface area contributed by atoms with Crippen LogP contribution in [-0.2, 0) is 6.42 Å². The maximum atomic E-state index is 13.6. The Hall–Kier alpha value is -2.34. The summed E-state index contributed by atoms with van der Waals surface area (Å²) in [5.41, 5.74) is 1.97. The first-order chi connectivity index (χ1) is 8.20. The summed E-state index contributed by atoms with van der Waals surface area (Å²) in [6.45, 7) is 0. The van der Waals surface area contributed by atoms with Crippen molar-refractivity contribution in [3.63, 3.8) is 0 Å². The third-order valence-corrected chi connectivity index (χ3v) is 2.47. The Bertz CT molecular complexity index is 587. The smallest absolute Gasteiger partial charge is 0.134 e. The second-order valence-electron chi connectivity index (χ2n) is 3.70. The molecule has 84 valence electrons. The van der Waals surface area contributed by atoms with Crippen LogP contribution in [0.3, 0.4) is 0 Å². The Morgan fingerprint density at radius 3 is 2.71 bits per heavy atom. The summed E-state index contributed by atoms with van der Waals surface area (Å²) in [7, 11) is 0. The standard InChI is InChI=1S/C14H10FNO/c15-14-9-12(17)4-5-13(14)11-3-1-2-10(8-11)6-7-16/h1-5,8-9,17H,6H2. The van der Waals surface area contributed by atoms with Gasteiger partial charge in [0.25, 0.3) is 0 Å². The lowest BCUT2D eigenvalue weighted by Crippen LogP contribution is -1.87. The van der Waals surface area contributed by atoms with E-state index < -0.39 is 5.82 Å². The molecule has 2 aromatic rings. The van der Waals surface area contributed by atoms with Crippen LogP contribution in [0, 0.1) is 17.1 Å². The molecule has 0 aliphatic rings. The minimum atomic E-state index is -0.473. The number of aromatic hydroxyl groups is 1. The molecule has 2 nitrogen and oxygen atoms in total. The van der Waals surface area contributed by atoms with Crippen molar-refractivity contribution in [1.82, 2.24) is 0 Å². The molecule has 0 atom stereocenters. The topological polar surface area (TPSA) is 44.0 Å². The number of phenolic OH excluding ortho intramolecular Hbond substituents is 1. The number of nitrogens with zero attached hydrogens (tertiary/aromatic N) is 1. The molecule has 2 aromatic carbocycles. The Morgan fingerprint density at radius 1 is 1.18 bits per heavy atom. The molecule has 0 bridgehead atoms. The van der Waals surface area contributed by atoms with E-state index in [0.29, 0.717) is 17.5 Å². The molecule has 0 aromatic heterocycles. The molecule has 0 aliphatic heterocycles. The summed E-state index contributed by atoms with van der Waals surface area (Å²) in [6.07, 6.45) is 0.299. The normalized spacial score (nSPS) is 9.88. The van der Waals surface area contributed by atoms with Gasteiger partial charge in [0, 0.05) is 11.6 Å². The van der Waals surface area contributed by atoms with Gasteiger partial charge in [-0.15, -0.1) is 0 Å². The molecule has 0 fully saturated rings. The van der Waals surface area contributed by atoms with E-state index in [-0.39, 0.29) is 5.75 Å². The van der Waals surface area contributed by atoms with E-state index in [9.17, 15) is 4.39 Å². The summed E-state index contributed by atoms with van der Waals surface area (Å²) in [6, 6.07) is 13.3. The van der Waals surface area contributed by atoms with Crippen molar-refractivity contribution >= 4 is 0 Å². The highest BCUT2D eigenvalue weighted by atomic mass is 19.1. The van der Waals surface area contributed by atoms with Gasteiger partial charge in [0.1, 0.15) is 11.6 Å². The van der Waals surface area contributed by atoms with Crippen LogP contribution in [0.4, 0.5) is 4.39 Å². The predicted molar refractivity (Wildman–Crippen MR) is 62.8 cm³/mol. The SMILES string of the molecule is N#CCc1cccc(-c2ccc(O)cc2F)c1. The monoisotopic (exact) mass is 227 g/mol. The largest absolute Gasteiger partial charge is 0.508 e. The van der Waals surface area contributed by atoms with Gasteiger partial charge in [-0.3, -0.25) is 0 Å². The average molecular weight is 227 g/mol. The zero-order chi connectivity index (χ0) is 12.3. The highest BCUT2D eigenvalue weighted by Crippen LogP contribution is 2.26. The molecule has 17 heavy (non-hydrogen) atoms. The first-order valence-corrected chi connectivity index (χ1v) is 5.15. The van der Waals surface area contributed by atoms with Crippen molar-refractivity contribution in [2.24, 2.45) is 0 Å². The van der Waals surface area contributed by atoms with Gasteiger partial charge in [-0.05, 0) is 23.3 Å². The predicted octanol–water partition coefficient (Wildman–Crippen LogP) is 3.26. The summed E-state index contributed by atoms with van der Waals surface area (Å²) >= 11 is 0. The highest BCUT2D eigenvalue weighted by molar-refractivity contribution is 5.65. The number of rotatable bonds is 2. The fourth-order valence-corrected chi connectivity index (χ4v) is 1.68. The van der Waals surface area contributed by atoms with E-state index in [1.165, 1.54) is 12.1 Å². The molecule has 0 radical (unpaired) electrons. The molecular formula is C14H10FNO. The van der Waals surface area contributed by atoms with Gasteiger partial charge in [0.2, 0.25) is 0 Å². The quantitative estimate of drug-likeness (QED) is 0.855. The maximum Gasteiger partial charge on any atom is 0.134 e. The number of nitriles is 1. The Kier molecular flexibility index (Phi) is 3.06. The summed E-state index contributed by atoms with van der Waals surface area (Å²) in [5.74, 6) is -0.571. The van der Waals surface area contributed by atoms with Gasteiger partial charge in [0.05, 0.1) is 12.5 Å². The van der Waals surface area contributed by atoms with Crippen molar-refractivity contribution in [2.45, 2.75) is 6.42 Å². The lowest BCUT2D eigenvalue weighted by atomic mass is 10.0. The number of phenols is 1. The molecule has 0 amide bonds. The average Bonchev–Trinajstić information content (AvgIpc) is 2.29.